The molecule has 0 spiro atoms. The van der Waals surface area contributed by atoms with Crippen molar-refractivity contribution in [3.8, 4) is 0 Å². The van der Waals surface area contributed by atoms with E-state index in [0.717, 1.165) is 5.56 Å². The number of carbonyl (C=O) groups is 2. The second-order valence-corrected chi connectivity index (χ2v) is 5.27. The summed E-state index contributed by atoms with van der Waals surface area (Å²) in [4.78, 5) is 23.4. The van der Waals surface area contributed by atoms with Crippen LogP contribution in [0.15, 0.2) is 53.6 Å². The van der Waals surface area contributed by atoms with E-state index in [4.69, 9.17) is 11.6 Å². The number of benzene rings is 2. The van der Waals surface area contributed by atoms with E-state index in [1.165, 1.54) is 24.4 Å². The third-order valence-electron chi connectivity index (χ3n) is 3.03. The number of hydrogen-bond acceptors (Lipinski definition) is 3. The lowest BCUT2D eigenvalue weighted by molar-refractivity contribution is -0.120. The number of nitrogens with zero attached hydrogens (tertiary/aromatic N) is 1. The zero-order valence-electron chi connectivity index (χ0n) is 12.6. The Morgan fingerprint density at radius 3 is 2.54 bits per heavy atom. The number of carbonyl (C=O) groups excluding carboxylic acids is 2. The van der Waals surface area contributed by atoms with Gasteiger partial charge in [0.25, 0.3) is 5.91 Å². The fourth-order valence-corrected chi connectivity index (χ4v) is 1.94. The number of nitrogens with one attached hydrogen (secondary N) is 2. The van der Waals surface area contributed by atoms with Crippen LogP contribution in [0.3, 0.4) is 0 Å². The van der Waals surface area contributed by atoms with Gasteiger partial charge < -0.3 is 5.32 Å². The third kappa shape index (κ3) is 5.48. The number of hydrogen-bond donors (Lipinski definition) is 2. The number of halogens is 2. The average Bonchev–Trinajstić information content (AvgIpc) is 2.57. The lowest BCUT2D eigenvalue weighted by atomic mass is 10.2. The smallest absolute Gasteiger partial charge is 0.254 e. The van der Waals surface area contributed by atoms with Gasteiger partial charge in [0.15, 0.2) is 0 Å². The van der Waals surface area contributed by atoms with Gasteiger partial charge >= 0.3 is 0 Å². The summed E-state index contributed by atoms with van der Waals surface area (Å²) in [7, 11) is 0. The van der Waals surface area contributed by atoms with Crippen LogP contribution in [0.25, 0.3) is 0 Å². The number of hydrazone groups is 1. The fraction of sp³-hybridized carbons (Fsp3) is 0.118. The van der Waals surface area contributed by atoms with E-state index in [9.17, 15) is 14.0 Å². The second-order valence-electron chi connectivity index (χ2n) is 4.83. The van der Waals surface area contributed by atoms with E-state index in [1.807, 2.05) is 0 Å². The predicted octanol–water partition coefficient (Wildman–Crippen LogP) is 2.75. The summed E-state index contributed by atoms with van der Waals surface area (Å²) in [6, 6.07) is 12.6. The molecule has 2 aromatic rings. The standard InChI is InChI=1S/C17H15ClFN3O2/c18-13-7-5-12(6-8-13)11-21-22-16(23)9-10-20-17(24)14-3-1-2-4-15(14)19/h1-8,11H,9-10H2,(H,20,24)(H,22,23). The molecule has 0 saturated carbocycles. The molecule has 7 heteroatoms. The van der Waals surface area contributed by atoms with Gasteiger partial charge in [0.05, 0.1) is 11.8 Å². The van der Waals surface area contributed by atoms with Gasteiger partial charge in [-0.2, -0.15) is 5.10 Å². The van der Waals surface area contributed by atoms with Gasteiger partial charge in [-0.25, -0.2) is 9.82 Å². The number of amides is 2. The lowest BCUT2D eigenvalue weighted by Gasteiger charge is -2.05. The van der Waals surface area contributed by atoms with Crippen molar-refractivity contribution in [2.24, 2.45) is 5.10 Å². The van der Waals surface area contributed by atoms with Crippen LogP contribution in [0.5, 0.6) is 0 Å². The summed E-state index contributed by atoms with van der Waals surface area (Å²) in [5.41, 5.74) is 3.07. The van der Waals surface area contributed by atoms with Crippen molar-refractivity contribution < 1.29 is 14.0 Å². The molecule has 124 valence electrons. The summed E-state index contributed by atoms with van der Waals surface area (Å²) in [6.07, 6.45) is 1.50. The van der Waals surface area contributed by atoms with E-state index in [1.54, 1.807) is 30.3 Å². The summed E-state index contributed by atoms with van der Waals surface area (Å²) in [5, 5.41) is 6.89. The van der Waals surface area contributed by atoms with Crippen LogP contribution in [0.2, 0.25) is 5.02 Å². The Hall–Kier alpha value is -2.73. The average molecular weight is 348 g/mol. The fourth-order valence-electron chi connectivity index (χ4n) is 1.81. The van der Waals surface area contributed by atoms with Crippen LogP contribution in [0.1, 0.15) is 22.3 Å². The van der Waals surface area contributed by atoms with Gasteiger partial charge in [0.2, 0.25) is 5.91 Å². The molecule has 0 aromatic heterocycles. The highest BCUT2D eigenvalue weighted by molar-refractivity contribution is 6.30. The van der Waals surface area contributed by atoms with E-state index in [2.05, 4.69) is 15.8 Å². The highest BCUT2D eigenvalue weighted by Gasteiger charge is 2.10. The maximum atomic E-state index is 13.4. The molecular formula is C17H15ClFN3O2. The molecule has 2 N–H and O–H groups in total. The Kier molecular flexibility index (Phi) is 6.45. The van der Waals surface area contributed by atoms with E-state index in [0.29, 0.717) is 5.02 Å². The largest absolute Gasteiger partial charge is 0.351 e. The monoisotopic (exact) mass is 347 g/mol. The van der Waals surface area contributed by atoms with Crippen molar-refractivity contribution in [1.29, 1.82) is 0 Å². The molecule has 2 amide bonds. The highest BCUT2D eigenvalue weighted by atomic mass is 35.5. The Balaban J connectivity index is 1.72. The molecule has 0 fully saturated rings. The minimum absolute atomic E-state index is 0.0259. The minimum atomic E-state index is -0.605. The molecule has 5 nitrogen and oxygen atoms in total. The minimum Gasteiger partial charge on any atom is -0.351 e. The van der Waals surface area contributed by atoms with Crippen molar-refractivity contribution in [1.82, 2.24) is 10.7 Å². The molecule has 0 aliphatic heterocycles. The maximum Gasteiger partial charge on any atom is 0.254 e. The van der Waals surface area contributed by atoms with Gasteiger partial charge in [0, 0.05) is 18.0 Å². The van der Waals surface area contributed by atoms with Crippen molar-refractivity contribution >= 4 is 29.6 Å². The van der Waals surface area contributed by atoms with E-state index >= 15 is 0 Å². The van der Waals surface area contributed by atoms with Crippen molar-refractivity contribution in [2.75, 3.05) is 6.54 Å². The first-order chi connectivity index (χ1) is 11.6. The van der Waals surface area contributed by atoms with Crippen LogP contribution in [0, 0.1) is 5.82 Å². The molecule has 0 aliphatic rings. The first-order valence-electron chi connectivity index (χ1n) is 7.16. The maximum absolute atomic E-state index is 13.4. The Morgan fingerprint density at radius 2 is 1.83 bits per heavy atom. The molecular weight excluding hydrogens is 333 g/mol. The first kappa shape index (κ1) is 17.6. The highest BCUT2D eigenvalue weighted by Crippen LogP contribution is 2.07. The number of rotatable bonds is 6. The van der Waals surface area contributed by atoms with Gasteiger partial charge in [-0.1, -0.05) is 35.9 Å². The van der Waals surface area contributed by atoms with Crippen LogP contribution in [-0.2, 0) is 4.79 Å². The topological polar surface area (TPSA) is 70.6 Å². The zero-order valence-corrected chi connectivity index (χ0v) is 13.4. The Labute approximate surface area is 143 Å². The predicted molar refractivity (Wildman–Crippen MR) is 90.5 cm³/mol. The van der Waals surface area contributed by atoms with Crippen molar-refractivity contribution in [3.63, 3.8) is 0 Å². The molecule has 2 rings (SSSR count). The lowest BCUT2D eigenvalue weighted by Crippen LogP contribution is -2.29. The Morgan fingerprint density at radius 1 is 1.12 bits per heavy atom. The summed E-state index contributed by atoms with van der Waals surface area (Å²) in [5.74, 6) is -1.54. The molecule has 0 unspecified atom stereocenters. The summed E-state index contributed by atoms with van der Waals surface area (Å²) >= 11 is 5.76. The molecule has 0 saturated heterocycles. The van der Waals surface area contributed by atoms with E-state index in [-0.39, 0.29) is 24.4 Å². The zero-order chi connectivity index (χ0) is 17.4. The third-order valence-corrected chi connectivity index (χ3v) is 3.28. The van der Waals surface area contributed by atoms with Crippen molar-refractivity contribution in [3.05, 3.63) is 70.5 Å². The van der Waals surface area contributed by atoms with Gasteiger partial charge in [-0.15, -0.1) is 0 Å². The quantitative estimate of drug-likeness (QED) is 0.623. The van der Waals surface area contributed by atoms with Crippen LogP contribution in [0.4, 0.5) is 4.39 Å². The molecule has 0 radical (unpaired) electrons. The molecule has 0 atom stereocenters. The molecule has 24 heavy (non-hydrogen) atoms. The van der Waals surface area contributed by atoms with Crippen LogP contribution < -0.4 is 10.7 Å². The molecule has 0 aliphatic carbocycles. The van der Waals surface area contributed by atoms with Gasteiger partial charge in [0.1, 0.15) is 5.82 Å². The second kappa shape index (κ2) is 8.79. The van der Waals surface area contributed by atoms with Crippen LogP contribution >= 0.6 is 11.6 Å². The van der Waals surface area contributed by atoms with Crippen molar-refractivity contribution in [2.45, 2.75) is 6.42 Å². The molecule has 0 heterocycles. The van der Waals surface area contributed by atoms with Gasteiger partial charge in [-0.3, -0.25) is 9.59 Å². The molecule has 0 bridgehead atoms. The Bertz CT molecular complexity index is 748. The normalized spacial score (nSPS) is 10.6. The summed E-state index contributed by atoms with van der Waals surface area (Å²) < 4.78 is 13.4. The first-order valence-corrected chi connectivity index (χ1v) is 7.54. The summed E-state index contributed by atoms with van der Waals surface area (Å²) in [6.45, 7) is 0.0788. The molecule has 2 aromatic carbocycles. The van der Waals surface area contributed by atoms with Gasteiger partial charge in [-0.05, 0) is 29.8 Å². The van der Waals surface area contributed by atoms with Crippen LogP contribution in [-0.4, -0.2) is 24.6 Å². The SMILES string of the molecule is O=C(CCNC(=O)c1ccccc1F)NN=Cc1ccc(Cl)cc1. The van der Waals surface area contributed by atoms with E-state index < -0.39 is 11.7 Å².